The first-order valence-electron chi connectivity index (χ1n) is 12.6. The van der Waals surface area contributed by atoms with Crippen molar-refractivity contribution in [1.29, 1.82) is 0 Å². The molecule has 1 amide bonds. The van der Waals surface area contributed by atoms with Crippen molar-refractivity contribution in [3.8, 4) is 0 Å². The largest absolute Gasteiger partial charge is 0.375 e. The van der Waals surface area contributed by atoms with Crippen LogP contribution in [-0.4, -0.2) is 34.3 Å². The maximum Gasteiger partial charge on any atom is 0.250 e. The van der Waals surface area contributed by atoms with Crippen molar-refractivity contribution in [3.63, 3.8) is 0 Å². The Labute approximate surface area is 217 Å². The molecular formula is C28H33N5O2S. The number of benzene rings is 1. The molecule has 0 spiro atoms. The third-order valence-electron chi connectivity index (χ3n) is 7.33. The van der Waals surface area contributed by atoms with Crippen molar-refractivity contribution in [2.45, 2.75) is 57.7 Å². The molecule has 1 saturated carbocycles. The number of ether oxygens (including phenoxy) is 1. The summed E-state index contributed by atoms with van der Waals surface area (Å²) in [5.74, 6) is -0.184. The zero-order valence-corrected chi connectivity index (χ0v) is 21.8. The lowest BCUT2D eigenvalue weighted by Gasteiger charge is -2.28. The Bertz CT molecular complexity index is 1230. The van der Waals surface area contributed by atoms with E-state index >= 15 is 0 Å². The number of pyridine rings is 1. The number of amides is 1. The van der Waals surface area contributed by atoms with E-state index in [2.05, 4.69) is 51.1 Å². The molecule has 5 rings (SSSR count). The van der Waals surface area contributed by atoms with E-state index in [0.717, 1.165) is 17.1 Å². The molecule has 0 radical (unpaired) electrons. The number of hydrogen-bond donors (Lipinski definition) is 2. The highest BCUT2D eigenvalue weighted by Gasteiger charge is 2.42. The van der Waals surface area contributed by atoms with Gasteiger partial charge in [-0.25, -0.2) is 0 Å². The number of rotatable bonds is 7. The van der Waals surface area contributed by atoms with Crippen LogP contribution in [0.25, 0.3) is 0 Å². The first kappa shape index (κ1) is 24.5. The van der Waals surface area contributed by atoms with Crippen LogP contribution in [-0.2, 0) is 9.53 Å². The second kappa shape index (κ2) is 10.4. The Morgan fingerprint density at radius 3 is 2.58 bits per heavy atom. The number of carbonyl (C=O) groups is 1. The minimum atomic E-state index is -0.184. The Hall–Kier alpha value is -3.23. The predicted octanol–water partition coefficient (Wildman–Crippen LogP) is 5.38. The molecule has 0 bridgehead atoms. The van der Waals surface area contributed by atoms with E-state index in [-0.39, 0.29) is 24.6 Å². The van der Waals surface area contributed by atoms with Crippen molar-refractivity contribution >= 4 is 34.6 Å². The summed E-state index contributed by atoms with van der Waals surface area (Å²) >= 11 is 5.90. The molecule has 8 heteroatoms. The second-order valence-corrected chi connectivity index (χ2v) is 10.0. The minimum Gasteiger partial charge on any atom is -0.375 e. The normalized spacial score (nSPS) is 20.1. The SMILES string of the molecule is COCC(=O)Nc1ccc(N2C(=S)N[C@H](c3ccccn3)[C@H]2c2cc(C)n(C3CCCC3)c2C)cc1. The van der Waals surface area contributed by atoms with Crippen molar-refractivity contribution in [1.82, 2.24) is 14.9 Å². The Balaban J connectivity index is 1.54. The molecule has 1 aromatic carbocycles. The van der Waals surface area contributed by atoms with Crippen LogP contribution in [0, 0.1) is 13.8 Å². The fourth-order valence-electron chi connectivity index (χ4n) is 5.81. The molecule has 3 heterocycles. The van der Waals surface area contributed by atoms with E-state index in [1.54, 1.807) is 0 Å². The fraction of sp³-hybridized carbons (Fsp3) is 0.393. The summed E-state index contributed by atoms with van der Waals surface area (Å²) in [6, 6.07) is 16.6. The standard InChI is InChI=1S/C28H33N5O2S/c1-18-16-23(19(2)32(18)21-8-4-5-9-21)27-26(24-10-6-7-15-29-24)31-28(36)33(27)22-13-11-20(12-14-22)30-25(34)17-35-3/h6-7,10-16,21,26-27H,4-5,8-9,17H2,1-3H3,(H,30,34)(H,31,36)/t26-,27-/m1/s1. The summed E-state index contributed by atoms with van der Waals surface area (Å²) in [6.45, 7) is 4.48. The van der Waals surface area contributed by atoms with Crippen LogP contribution >= 0.6 is 12.2 Å². The van der Waals surface area contributed by atoms with Crippen molar-refractivity contribution in [2.24, 2.45) is 0 Å². The minimum absolute atomic E-state index is 0.0202. The van der Waals surface area contributed by atoms with Crippen LogP contribution in [0.5, 0.6) is 0 Å². The lowest BCUT2D eigenvalue weighted by atomic mass is 9.96. The molecule has 36 heavy (non-hydrogen) atoms. The van der Waals surface area contributed by atoms with E-state index in [9.17, 15) is 4.79 Å². The van der Waals surface area contributed by atoms with Gasteiger partial charge >= 0.3 is 0 Å². The highest BCUT2D eigenvalue weighted by atomic mass is 32.1. The topological polar surface area (TPSA) is 71.4 Å². The van der Waals surface area contributed by atoms with Crippen LogP contribution in [0.2, 0.25) is 0 Å². The molecule has 3 aromatic rings. The molecule has 2 atom stereocenters. The quantitative estimate of drug-likeness (QED) is 0.422. The number of aromatic nitrogens is 2. The van der Waals surface area contributed by atoms with Crippen LogP contribution in [0.4, 0.5) is 11.4 Å². The van der Waals surface area contributed by atoms with E-state index in [1.807, 2.05) is 42.6 Å². The van der Waals surface area contributed by atoms with Crippen LogP contribution in [0.3, 0.4) is 0 Å². The summed E-state index contributed by atoms with van der Waals surface area (Å²) in [7, 11) is 1.51. The Morgan fingerprint density at radius 2 is 1.92 bits per heavy atom. The Morgan fingerprint density at radius 1 is 1.17 bits per heavy atom. The maximum atomic E-state index is 11.9. The van der Waals surface area contributed by atoms with Crippen LogP contribution in [0.1, 0.15) is 66.5 Å². The van der Waals surface area contributed by atoms with Gasteiger partial charge in [-0.2, -0.15) is 0 Å². The molecule has 0 unspecified atom stereocenters. The van der Waals surface area contributed by atoms with Gasteiger partial charge < -0.3 is 24.8 Å². The zero-order chi connectivity index (χ0) is 25.2. The molecular weight excluding hydrogens is 470 g/mol. The molecule has 2 N–H and O–H groups in total. The molecule has 1 saturated heterocycles. The van der Waals surface area contributed by atoms with Gasteiger partial charge in [-0.3, -0.25) is 9.78 Å². The smallest absolute Gasteiger partial charge is 0.250 e. The molecule has 7 nitrogen and oxygen atoms in total. The molecule has 2 aliphatic rings. The van der Waals surface area contributed by atoms with Gasteiger partial charge in [0, 0.05) is 42.1 Å². The first-order valence-corrected chi connectivity index (χ1v) is 13.0. The number of hydrogen-bond acceptors (Lipinski definition) is 4. The van der Waals surface area contributed by atoms with E-state index in [1.165, 1.54) is 49.7 Å². The molecule has 1 aliphatic heterocycles. The number of methoxy groups -OCH3 is 1. The highest BCUT2D eigenvalue weighted by molar-refractivity contribution is 7.80. The third-order valence-corrected chi connectivity index (χ3v) is 7.65. The van der Waals surface area contributed by atoms with E-state index in [0.29, 0.717) is 11.2 Å². The summed E-state index contributed by atoms with van der Waals surface area (Å²) in [5.41, 5.74) is 6.50. The second-order valence-electron chi connectivity index (χ2n) is 9.66. The molecule has 188 valence electrons. The van der Waals surface area contributed by atoms with Gasteiger partial charge in [0.2, 0.25) is 5.91 Å². The Kier molecular flexibility index (Phi) is 7.07. The average molecular weight is 504 g/mol. The zero-order valence-electron chi connectivity index (χ0n) is 21.0. The number of anilines is 2. The summed E-state index contributed by atoms with van der Waals surface area (Å²) in [4.78, 5) is 18.8. The molecule has 2 fully saturated rings. The van der Waals surface area contributed by atoms with Crippen LogP contribution in [0.15, 0.2) is 54.7 Å². The van der Waals surface area contributed by atoms with Gasteiger partial charge in [-0.05, 0) is 86.9 Å². The van der Waals surface area contributed by atoms with Gasteiger partial charge in [0.15, 0.2) is 5.11 Å². The summed E-state index contributed by atoms with van der Waals surface area (Å²) in [5, 5.41) is 7.08. The fourth-order valence-corrected chi connectivity index (χ4v) is 6.15. The number of carbonyl (C=O) groups excluding carboxylic acids is 1. The van der Waals surface area contributed by atoms with Crippen LogP contribution < -0.4 is 15.5 Å². The predicted molar refractivity (Wildman–Crippen MR) is 146 cm³/mol. The molecule has 1 aliphatic carbocycles. The summed E-state index contributed by atoms with van der Waals surface area (Å²) < 4.78 is 7.45. The number of aryl methyl sites for hydroxylation is 1. The number of nitrogens with zero attached hydrogens (tertiary/aromatic N) is 3. The first-order chi connectivity index (χ1) is 17.5. The summed E-state index contributed by atoms with van der Waals surface area (Å²) in [6.07, 6.45) is 6.89. The number of thiocarbonyl (C=S) groups is 1. The van der Waals surface area contributed by atoms with Gasteiger partial charge in [-0.1, -0.05) is 18.9 Å². The van der Waals surface area contributed by atoms with Gasteiger partial charge in [0.05, 0.1) is 17.8 Å². The van der Waals surface area contributed by atoms with E-state index in [4.69, 9.17) is 17.0 Å². The van der Waals surface area contributed by atoms with Gasteiger partial charge in [-0.15, -0.1) is 0 Å². The highest BCUT2D eigenvalue weighted by Crippen LogP contribution is 2.45. The maximum absolute atomic E-state index is 11.9. The van der Waals surface area contributed by atoms with Gasteiger partial charge in [0.1, 0.15) is 6.61 Å². The lowest BCUT2D eigenvalue weighted by Crippen LogP contribution is -2.29. The molecule has 2 aromatic heterocycles. The third kappa shape index (κ3) is 4.63. The van der Waals surface area contributed by atoms with Crippen molar-refractivity contribution in [3.05, 3.63) is 77.4 Å². The number of nitrogens with one attached hydrogen (secondary N) is 2. The average Bonchev–Trinajstić information content (AvgIpc) is 3.58. The van der Waals surface area contributed by atoms with Gasteiger partial charge in [0.25, 0.3) is 0 Å². The van der Waals surface area contributed by atoms with Crippen molar-refractivity contribution < 1.29 is 9.53 Å². The monoisotopic (exact) mass is 503 g/mol. The van der Waals surface area contributed by atoms with Crippen molar-refractivity contribution in [2.75, 3.05) is 23.9 Å². The lowest BCUT2D eigenvalue weighted by molar-refractivity contribution is -0.119. The van der Waals surface area contributed by atoms with E-state index < -0.39 is 0 Å².